The van der Waals surface area contributed by atoms with Crippen LogP contribution < -0.4 is 11.1 Å². The van der Waals surface area contributed by atoms with E-state index < -0.39 is 0 Å². The summed E-state index contributed by atoms with van der Waals surface area (Å²) in [5.74, 6) is 0.499. The summed E-state index contributed by atoms with van der Waals surface area (Å²) in [5, 5.41) is 3.75. The maximum atomic E-state index is 12.8. The zero-order valence-corrected chi connectivity index (χ0v) is 16.3. The molecule has 0 radical (unpaired) electrons. The zero-order valence-electron chi connectivity index (χ0n) is 15.5. The van der Waals surface area contributed by atoms with Crippen LogP contribution >= 0.6 is 11.3 Å². The number of aromatic nitrogens is 1. The lowest BCUT2D eigenvalue weighted by molar-refractivity contribution is -0.0683. The second-order valence-corrected chi connectivity index (χ2v) is 8.88. The van der Waals surface area contributed by atoms with Crippen molar-refractivity contribution in [3.63, 3.8) is 0 Å². The molecule has 26 heavy (non-hydrogen) atoms. The summed E-state index contributed by atoms with van der Waals surface area (Å²) in [6, 6.07) is 4.38. The fourth-order valence-corrected chi connectivity index (χ4v) is 4.87. The van der Waals surface area contributed by atoms with Crippen LogP contribution in [0.1, 0.15) is 36.2 Å². The molecule has 0 spiro atoms. The number of nitrogens with two attached hydrogens (primary N) is 1. The first-order valence-electron chi connectivity index (χ1n) is 9.24. The number of fused-ring (bicyclic) bond motifs is 2. The molecule has 1 amide bonds. The summed E-state index contributed by atoms with van der Waals surface area (Å²) in [4.78, 5) is 19.6. The number of rotatable bonds is 3. The van der Waals surface area contributed by atoms with Crippen molar-refractivity contribution < 1.29 is 9.53 Å². The van der Waals surface area contributed by atoms with Crippen LogP contribution in [0.25, 0.3) is 10.2 Å². The van der Waals surface area contributed by atoms with E-state index in [0.717, 1.165) is 41.9 Å². The van der Waals surface area contributed by atoms with E-state index in [9.17, 15) is 4.79 Å². The molecule has 2 fully saturated rings. The smallest absolute Gasteiger partial charge is 0.251 e. The first-order chi connectivity index (χ1) is 12.4. The standard InChI is InChI=1S/C19H26N4O2S/c1-10(2)15-8-23-7-13(6-14(23)9-25-15)21-18(24)12-4-11(3)17-16(5-12)26-19(20)22-17/h4-5,10,13-15H,6-9H2,1-3H3,(H2,20,22)(H,21,24)/t13-,14-,15+/m0/s1. The van der Waals surface area contributed by atoms with Crippen LogP contribution in [0.15, 0.2) is 12.1 Å². The first kappa shape index (κ1) is 17.7. The van der Waals surface area contributed by atoms with E-state index in [-0.39, 0.29) is 11.9 Å². The molecule has 0 unspecified atom stereocenters. The van der Waals surface area contributed by atoms with Crippen LogP contribution in [-0.4, -0.2) is 53.7 Å². The highest BCUT2D eigenvalue weighted by molar-refractivity contribution is 7.22. The summed E-state index contributed by atoms with van der Waals surface area (Å²) < 4.78 is 6.95. The van der Waals surface area contributed by atoms with Crippen molar-refractivity contribution in [2.75, 3.05) is 25.4 Å². The Morgan fingerprint density at radius 1 is 1.42 bits per heavy atom. The van der Waals surface area contributed by atoms with Crippen molar-refractivity contribution in [2.45, 2.75) is 45.4 Å². The van der Waals surface area contributed by atoms with Crippen molar-refractivity contribution in [3.8, 4) is 0 Å². The lowest BCUT2D eigenvalue weighted by Crippen LogP contribution is -2.48. The van der Waals surface area contributed by atoms with Gasteiger partial charge in [-0.3, -0.25) is 9.69 Å². The van der Waals surface area contributed by atoms with E-state index in [2.05, 4.69) is 29.0 Å². The van der Waals surface area contributed by atoms with Crippen LogP contribution in [0, 0.1) is 12.8 Å². The predicted octanol–water partition coefficient (Wildman–Crippen LogP) is 2.41. The number of aryl methyl sites for hydroxylation is 1. The molecule has 3 N–H and O–H groups in total. The van der Waals surface area contributed by atoms with Crippen molar-refractivity contribution in [2.24, 2.45) is 5.92 Å². The van der Waals surface area contributed by atoms with Gasteiger partial charge in [-0.15, -0.1) is 0 Å². The van der Waals surface area contributed by atoms with E-state index in [1.165, 1.54) is 11.3 Å². The molecular weight excluding hydrogens is 348 g/mol. The Balaban J connectivity index is 1.44. The number of nitrogen functional groups attached to an aromatic ring is 1. The highest BCUT2D eigenvalue weighted by atomic mass is 32.1. The number of nitrogens with one attached hydrogen (secondary N) is 1. The third-order valence-electron chi connectivity index (χ3n) is 5.49. The number of amides is 1. The summed E-state index contributed by atoms with van der Waals surface area (Å²) in [6.45, 7) is 8.99. The van der Waals surface area contributed by atoms with E-state index in [0.29, 0.717) is 28.8 Å². The molecule has 0 bridgehead atoms. The summed E-state index contributed by atoms with van der Waals surface area (Å²) in [5.41, 5.74) is 8.36. The Morgan fingerprint density at radius 2 is 2.23 bits per heavy atom. The predicted molar refractivity (Wildman–Crippen MR) is 105 cm³/mol. The van der Waals surface area contributed by atoms with Crippen molar-refractivity contribution in [1.29, 1.82) is 0 Å². The van der Waals surface area contributed by atoms with Gasteiger partial charge in [-0.2, -0.15) is 0 Å². The number of ether oxygens (including phenoxy) is 1. The van der Waals surface area contributed by atoms with Crippen LogP contribution in [0.2, 0.25) is 0 Å². The lowest BCUT2D eigenvalue weighted by Gasteiger charge is -2.36. The molecule has 140 valence electrons. The second kappa shape index (κ2) is 6.79. The molecule has 7 heteroatoms. The number of carbonyl (C=O) groups is 1. The quantitative estimate of drug-likeness (QED) is 0.862. The van der Waals surface area contributed by atoms with Crippen molar-refractivity contribution in [1.82, 2.24) is 15.2 Å². The maximum Gasteiger partial charge on any atom is 0.251 e. The van der Waals surface area contributed by atoms with Gasteiger partial charge in [0.1, 0.15) is 0 Å². The Morgan fingerprint density at radius 3 is 3.00 bits per heavy atom. The number of benzene rings is 1. The highest BCUT2D eigenvalue weighted by Gasteiger charge is 2.38. The van der Waals surface area contributed by atoms with Gasteiger partial charge < -0.3 is 15.8 Å². The third kappa shape index (κ3) is 3.31. The van der Waals surface area contributed by atoms with Crippen LogP contribution in [0.4, 0.5) is 5.13 Å². The molecule has 3 heterocycles. The number of thiazole rings is 1. The van der Waals surface area contributed by atoms with Gasteiger partial charge in [0.15, 0.2) is 5.13 Å². The van der Waals surface area contributed by atoms with Crippen LogP contribution in [0.3, 0.4) is 0 Å². The summed E-state index contributed by atoms with van der Waals surface area (Å²) in [6.07, 6.45) is 1.24. The molecule has 0 saturated carbocycles. The number of hydrogen-bond acceptors (Lipinski definition) is 6. The Hall–Kier alpha value is -1.70. The summed E-state index contributed by atoms with van der Waals surface area (Å²) >= 11 is 1.42. The Labute approximate surface area is 157 Å². The van der Waals surface area contributed by atoms with Gasteiger partial charge in [0, 0.05) is 30.7 Å². The minimum atomic E-state index is -0.0202. The molecule has 3 atom stereocenters. The van der Waals surface area contributed by atoms with Gasteiger partial charge in [-0.1, -0.05) is 25.2 Å². The zero-order chi connectivity index (χ0) is 18.4. The minimum absolute atomic E-state index is 0.0202. The number of nitrogens with zero attached hydrogens (tertiary/aromatic N) is 2. The van der Waals surface area contributed by atoms with E-state index >= 15 is 0 Å². The highest BCUT2D eigenvalue weighted by Crippen LogP contribution is 2.29. The van der Waals surface area contributed by atoms with Gasteiger partial charge in [0.25, 0.3) is 5.91 Å². The Bertz CT molecular complexity index is 834. The van der Waals surface area contributed by atoms with Crippen LogP contribution in [0.5, 0.6) is 0 Å². The third-order valence-corrected chi connectivity index (χ3v) is 6.32. The SMILES string of the molecule is Cc1cc(C(=O)N[C@H]2C[C@H]3CO[C@@H](C(C)C)CN3C2)cc2sc(N)nc12. The van der Waals surface area contributed by atoms with Gasteiger partial charge in [-0.05, 0) is 37.0 Å². The number of anilines is 1. The fourth-order valence-electron chi connectivity index (χ4n) is 4.02. The normalized spacial score (nSPS) is 26.4. The monoisotopic (exact) mass is 374 g/mol. The van der Waals surface area contributed by atoms with Gasteiger partial charge in [-0.25, -0.2) is 4.98 Å². The van der Waals surface area contributed by atoms with Gasteiger partial charge in [0.05, 0.1) is 22.9 Å². The molecule has 1 aromatic carbocycles. The largest absolute Gasteiger partial charge is 0.375 e. The molecule has 2 aromatic rings. The van der Waals surface area contributed by atoms with E-state index in [1.807, 2.05) is 19.1 Å². The first-order valence-corrected chi connectivity index (χ1v) is 10.1. The lowest BCUT2D eigenvalue weighted by atomic mass is 10.0. The van der Waals surface area contributed by atoms with E-state index in [1.54, 1.807) is 0 Å². The molecule has 0 aliphatic carbocycles. The molecule has 4 rings (SSSR count). The minimum Gasteiger partial charge on any atom is -0.375 e. The van der Waals surface area contributed by atoms with E-state index in [4.69, 9.17) is 10.5 Å². The topological polar surface area (TPSA) is 80.5 Å². The molecular formula is C19H26N4O2S. The molecule has 6 nitrogen and oxygen atoms in total. The number of hydrogen-bond donors (Lipinski definition) is 2. The maximum absolute atomic E-state index is 12.8. The average molecular weight is 375 g/mol. The Kier molecular flexibility index (Phi) is 4.62. The molecule has 1 aromatic heterocycles. The number of morpholine rings is 1. The van der Waals surface area contributed by atoms with Crippen molar-refractivity contribution >= 4 is 32.6 Å². The van der Waals surface area contributed by atoms with Crippen LogP contribution in [-0.2, 0) is 4.74 Å². The fraction of sp³-hybridized carbons (Fsp3) is 0.579. The van der Waals surface area contributed by atoms with Gasteiger partial charge >= 0.3 is 0 Å². The second-order valence-electron chi connectivity index (χ2n) is 7.82. The molecule has 2 saturated heterocycles. The van der Waals surface area contributed by atoms with Crippen molar-refractivity contribution in [3.05, 3.63) is 23.3 Å². The molecule has 2 aliphatic rings. The summed E-state index contributed by atoms with van der Waals surface area (Å²) in [7, 11) is 0. The molecule has 2 aliphatic heterocycles. The number of carbonyl (C=O) groups excluding carboxylic acids is 1. The average Bonchev–Trinajstić information content (AvgIpc) is 3.15. The van der Waals surface area contributed by atoms with Gasteiger partial charge in [0.2, 0.25) is 0 Å².